The summed E-state index contributed by atoms with van der Waals surface area (Å²) in [5, 5.41) is 5.99. The second-order valence-electron chi connectivity index (χ2n) is 12.7. The summed E-state index contributed by atoms with van der Waals surface area (Å²) >= 11 is 5.93. The predicted octanol–water partition coefficient (Wildman–Crippen LogP) is 4.63. The number of nitrogens with zero attached hydrogens (tertiary/aromatic N) is 2. The zero-order valence-corrected chi connectivity index (χ0v) is 25.8. The lowest BCUT2D eigenvalue weighted by Crippen LogP contribution is -2.58. The third-order valence-corrected chi connectivity index (χ3v) is 10.3. The van der Waals surface area contributed by atoms with E-state index in [1.54, 1.807) is 11.0 Å². The number of fused-ring (bicyclic) bond motifs is 1. The van der Waals surface area contributed by atoms with E-state index in [1.807, 2.05) is 6.08 Å². The van der Waals surface area contributed by atoms with Crippen LogP contribution in [0.2, 0.25) is 5.02 Å². The van der Waals surface area contributed by atoms with Crippen LogP contribution in [0.5, 0.6) is 0 Å². The molecule has 42 heavy (non-hydrogen) atoms. The van der Waals surface area contributed by atoms with Crippen LogP contribution in [0.25, 0.3) is 0 Å². The molecular formula is C32H44ClFN4O4. The SMILES string of the molecule is CCCCN(C)CCCN1C(=O)[C@@H]2[C@H](C(=O)Nc3ccc(F)c(Cl)c3)[C@@H]3C=C[C@@]2(O3)[C@@H]1C(=O)N[C@@H]1CCC[C@@H](C)[C@H]1C. The third kappa shape index (κ3) is 5.72. The van der Waals surface area contributed by atoms with Crippen molar-refractivity contribution in [1.82, 2.24) is 15.1 Å². The molecule has 0 radical (unpaired) electrons. The fourth-order valence-electron chi connectivity index (χ4n) is 7.41. The first-order chi connectivity index (χ1) is 20.1. The van der Waals surface area contributed by atoms with Crippen LogP contribution in [-0.4, -0.2) is 78.0 Å². The standard InChI is InChI=1S/C32H44ClFN4O4/c1-5-6-15-37(4)16-8-17-38-28(30(40)36-24-10-7-9-19(2)20(24)3)32-14-13-25(42-32)26(27(32)31(38)41)29(39)35-21-11-12-23(34)22(33)18-21/h11-14,18-20,24-28H,5-10,15-17H2,1-4H3,(H,35,39)(H,36,40)/t19-,20-,24-,25+,26-,27+,28+,32+/m1/s1. The summed E-state index contributed by atoms with van der Waals surface area (Å²) in [4.78, 5) is 45.9. The van der Waals surface area contributed by atoms with Crippen molar-refractivity contribution in [3.8, 4) is 0 Å². The van der Waals surface area contributed by atoms with Gasteiger partial charge < -0.3 is 25.2 Å². The highest BCUT2D eigenvalue weighted by Crippen LogP contribution is 2.55. The molecule has 0 aromatic heterocycles. The van der Waals surface area contributed by atoms with Crippen LogP contribution < -0.4 is 10.6 Å². The van der Waals surface area contributed by atoms with Crippen molar-refractivity contribution in [3.63, 3.8) is 0 Å². The van der Waals surface area contributed by atoms with Gasteiger partial charge in [-0.3, -0.25) is 14.4 Å². The molecular weight excluding hydrogens is 559 g/mol. The van der Waals surface area contributed by atoms with Gasteiger partial charge in [-0.2, -0.15) is 0 Å². The molecule has 2 saturated heterocycles. The maximum atomic E-state index is 14.2. The lowest BCUT2D eigenvalue weighted by molar-refractivity contribution is -0.141. The van der Waals surface area contributed by atoms with E-state index in [9.17, 15) is 18.8 Å². The molecule has 1 aromatic rings. The summed E-state index contributed by atoms with van der Waals surface area (Å²) in [6, 6.07) is 3.12. The molecule has 2 bridgehead atoms. The number of unbranched alkanes of at least 4 members (excludes halogenated alkanes) is 1. The molecule has 1 aromatic carbocycles. The summed E-state index contributed by atoms with van der Waals surface area (Å²) in [7, 11) is 2.07. The van der Waals surface area contributed by atoms with E-state index in [4.69, 9.17) is 16.3 Å². The van der Waals surface area contributed by atoms with Gasteiger partial charge in [-0.15, -0.1) is 0 Å². The number of carbonyl (C=O) groups excluding carboxylic acids is 3. The number of carbonyl (C=O) groups is 3. The summed E-state index contributed by atoms with van der Waals surface area (Å²) in [6.07, 6.45) is 9.01. The summed E-state index contributed by atoms with van der Waals surface area (Å²) in [5.41, 5.74) is -0.884. The molecule has 4 aliphatic rings. The average Bonchev–Trinajstić information content (AvgIpc) is 3.59. The van der Waals surface area contributed by atoms with Crippen LogP contribution in [0.1, 0.15) is 59.3 Å². The molecule has 5 rings (SSSR count). The van der Waals surface area contributed by atoms with Crippen molar-refractivity contribution in [3.05, 3.63) is 41.2 Å². The summed E-state index contributed by atoms with van der Waals surface area (Å²) < 4.78 is 20.2. The highest BCUT2D eigenvalue weighted by molar-refractivity contribution is 6.31. The molecule has 8 nitrogen and oxygen atoms in total. The van der Waals surface area contributed by atoms with Crippen LogP contribution in [0.15, 0.2) is 30.4 Å². The first-order valence-corrected chi connectivity index (χ1v) is 15.9. The second kappa shape index (κ2) is 12.6. The van der Waals surface area contributed by atoms with Gasteiger partial charge in [-0.05, 0) is 69.4 Å². The fraction of sp³-hybridized carbons (Fsp3) is 0.656. The molecule has 8 atom stereocenters. The number of anilines is 1. The van der Waals surface area contributed by atoms with Crippen LogP contribution >= 0.6 is 11.6 Å². The molecule has 0 unspecified atom stereocenters. The number of hydrogen-bond acceptors (Lipinski definition) is 5. The second-order valence-corrected chi connectivity index (χ2v) is 13.2. The van der Waals surface area contributed by atoms with E-state index in [-0.39, 0.29) is 22.9 Å². The Morgan fingerprint density at radius 2 is 1.95 bits per heavy atom. The van der Waals surface area contributed by atoms with Crippen molar-refractivity contribution in [2.24, 2.45) is 23.7 Å². The Morgan fingerprint density at radius 1 is 1.19 bits per heavy atom. The topological polar surface area (TPSA) is 91.0 Å². The number of likely N-dealkylation sites (tertiary alicyclic amines) is 1. The van der Waals surface area contributed by atoms with E-state index >= 15 is 0 Å². The van der Waals surface area contributed by atoms with E-state index in [2.05, 4.69) is 43.4 Å². The molecule has 3 amide bonds. The number of amides is 3. The minimum atomic E-state index is -1.22. The lowest BCUT2D eigenvalue weighted by Gasteiger charge is -2.38. The monoisotopic (exact) mass is 602 g/mol. The molecule has 3 aliphatic heterocycles. The highest BCUT2D eigenvalue weighted by Gasteiger charge is 2.72. The largest absolute Gasteiger partial charge is 0.359 e. The number of hydrogen-bond donors (Lipinski definition) is 2. The number of rotatable bonds is 11. The normalized spacial score (nSPS) is 33.4. The number of nitrogens with one attached hydrogen (secondary N) is 2. The van der Waals surface area contributed by atoms with Crippen molar-refractivity contribution in [2.45, 2.75) is 83.1 Å². The van der Waals surface area contributed by atoms with Gasteiger partial charge in [0.15, 0.2) is 0 Å². The van der Waals surface area contributed by atoms with Gasteiger partial charge in [0.05, 0.1) is 23.0 Å². The first kappa shape index (κ1) is 31.0. The Hall–Kier alpha value is -2.49. The van der Waals surface area contributed by atoms with E-state index in [1.165, 1.54) is 18.2 Å². The highest BCUT2D eigenvalue weighted by atomic mass is 35.5. The summed E-state index contributed by atoms with van der Waals surface area (Å²) in [5.74, 6) is -2.28. The average molecular weight is 603 g/mol. The molecule has 230 valence electrons. The quantitative estimate of drug-likeness (QED) is 0.361. The Balaban J connectivity index is 1.39. The Morgan fingerprint density at radius 3 is 2.69 bits per heavy atom. The van der Waals surface area contributed by atoms with Gasteiger partial charge in [-0.25, -0.2) is 4.39 Å². The van der Waals surface area contributed by atoms with Gasteiger partial charge in [0.2, 0.25) is 17.7 Å². The van der Waals surface area contributed by atoms with Crippen molar-refractivity contribution in [2.75, 3.05) is 32.0 Å². The molecule has 3 fully saturated rings. The third-order valence-electron chi connectivity index (χ3n) is 9.98. The first-order valence-electron chi connectivity index (χ1n) is 15.5. The molecule has 10 heteroatoms. The predicted molar refractivity (Wildman–Crippen MR) is 160 cm³/mol. The fourth-order valence-corrected chi connectivity index (χ4v) is 7.59. The lowest BCUT2D eigenvalue weighted by atomic mass is 9.73. The van der Waals surface area contributed by atoms with Crippen LogP contribution in [0.3, 0.4) is 0 Å². The molecule has 2 N–H and O–H groups in total. The maximum Gasteiger partial charge on any atom is 0.246 e. The minimum absolute atomic E-state index is 0.0266. The van der Waals surface area contributed by atoms with Gasteiger partial charge >= 0.3 is 0 Å². The number of benzene rings is 1. The molecule has 1 aliphatic carbocycles. The zero-order chi connectivity index (χ0) is 30.2. The molecule has 3 heterocycles. The number of halogens is 2. The van der Waals surface area contributed by atoms with Gasteiger partial charge in [0.25, 0.3) is 0 Å². The Kier molecular flexibility index (Phi) is 9.30. The van der Waals surface area contributed by atoms with E-state index < -0.39 is 41.3 Å². The molecule has 1 saturated carbocycles. The van der Waals surface area contributed by atoms with E-state index in [0.717, 1.165) is 45.2 Å². The smallest absolute Gasteiger partial charge is 0.246 e. The van der Waals surface area contributed by atoms with Crippen LogP contribution in [0, 0.1) is 29.5 Å². The van der Waals surface area contributed by atoms with Crippen molar-refractivity contribution >= 4 is 35.0 Å². The van der Waals surface area contributed by atoms with Crippen LogP contribution in [-0.2, 0) is 19.1 Å². The van der Waals surface area contributed by atoms with Gasteiger partial charge in [-0.1, -0.05) is 63.8 Å². The van der Waals surface area contributed by atoms with E-state index in [0.29, 0.717) is 30.5 Å². The van der Waals surface area contributed by atoms with Gasteiger partial charge in [0, 0.05) is 18.3 Å². The number of ether oxygens (including phenoxy) is 1. The van der Waals surface area contributed by atoms with Crippen molar-refractivity contribution in [1.29, 1.82) is 0 Å². The van der Waals surface area contributed by atoms with Gasteiger partial charge in [0.1, 0.15) is 17.5 Å². The Labute approximate surface area is 253 Å². The van der Waals surface area contributed by atoms with Crippen molar-refractivity contribution < 1.29 is 23.5 Å². The molecule has 1 spiro atoms. The zero-order valence-electron chi connectivity index (χ0n) is 25.1. The maximum absolute atomic E-state index is 14.2. The van der Waals surface area contributed by atoms with Crippen LogP contribution in [0.4, 0.5) is 10.1 Å². The Bertz CT molecular complexity index is 1230. The summed E-state index contributed by atoms with van der Waals surface area (Å²) in [6.45, 7) is 8.72. The minimum Gasteiger partial charge on any atom is -0.359 e.